The molecule has 0 bridgehead atoms. The molecule has 0 aromatic heterocycles. The number of phenols is 1. The highest BCUT2D eigenvalue weighted by Gasteiger charge is 2.31. The normalized spacial score (nSPS) is 10.8. The molecule has 18 heteroatoms. The van der Waals surface area contributed by atoms with Crippen molar-refractivity contribution in [3.63, 3.8) is 0 Å². The minimum Gasteiger partial charge on any atom is -0.508 e. The number of hydroxylamine groups is 2. The summed E-state index contributed by atoms with van der Waals surface area (Å²) in [5, 5.41) is 9.21. The van der Waals surface area contributed by atoms with Crippen LogP contribution in [0.25, 0.3) is 0 Å². The van der Waals surface area contributed by atoms with Crippen molar-refractivity contribution in [2.75, 3.05) is 0 Å². The van der Waals surface area contributed by atoms with Crippen molar-refractivity contribution in [2.45, 2.75) is 52.7 Å². The van der Waals surface area contributed by atoms with E-state index < -0.39 is 75.9 Å². The maximum Gasteiger partial charge on any atom is 0.441 e. The van der Waals surface area contributed by atoms with Crippen LogP contribution in [0.2, 0.25) is 0 Å². The molecule has 49 heavy (non-hydrogen) atoms. The number of esters is 1. The van der Waals surface area contributed by atoms with Crippen LogP contribution >= 0.6 is 0 Å². The van der Waals surface area contributed by atoms with Gasteiger partial charge in [0.25, 0.3) is 0 Å². The van der Waals surface area contributed by atoms with Crippen LogP contribution in [-0.2, 0) is 19.1 Å². The molecule has 13 nitrogen and oxygen atoms in total. The molecule has 0 aliphatic carbocycles. The molecule has 0 heterocycles. The molecule has 0 saturated carbocycles. The first-order valence-corrected chi connectivity index (χ1v) is 13.6. The third kappa shape index (κ3) is 12.3. The number of amides is 2. The van der Waals surface area contributed by atoms with E-state index in [0.717, 1.165) is 0 Å². The summed E-state index contributed by atoms with van der Waals surface area (Å²) in [4.78, 5) is 66.4. The molecule has 2 amide bonds. The third-order valence-electron chi connectivity index (χ3n) is 5.07. The number of hydrogen-bond acceptors (Lipinski definition) is 11. The zero-order valence-electron chi connectivity index (χ0n) is 26.5. The molecule has 0 saturated heterocycles. The highest BCUT2D eigenvalue weighted by Crippen LogP contribution is 2.23. The van der Waals surface area contributed by atoms with Gasteiger partial charge < -0.3 is 29.0 Å². The Balaban J connectivity index is 0.000000348. The topological polar surface area (TPSA) is 176 Å². The Hall–Kier alpha value is -5.94. The number of carbonyl (C=O) groups excluding carboxylic acids is 5. The van der Waals surface area contributed by atoms with Crippen LogP contribution in [0, 0.1) is 29.1 Å². The van der Waals surface area contributed by atoms with Gasteiger partial charge in [-0.05, 0) is 90.1 Å². The lowest BCUT2D eigenvalue weighted by atomic mass is 10.1. The molecule has 3 aromatic carbocycles. The molecule has 0 spiro atoms. The van der Waals surface area contributed by atoms with Crippen LogP contribution in [0.5, 0.6) is 11.5 Å². The molecule has 0 aliphatic heterocycles. The van der Waals surface area contributed by atoms with Crippen LogP contribution in [0.3, 0.4) is 0 Å². The van der Waals surface area contributed by atoms with E-state index in [1.165, 1.54) is 74.8 Å². The zero-order chi connectivity index (χ0) is 37.3. The summed E-state index contributed by atoms with van der Waals surface area (Å²) in [6.45, 7) is 9.43. The van der Waals surface area contributed by atoms with Gasteiger partial charge in [0.05, 0.1) is 11.1 Å². The van der Waals surface area contributed by atoms with Crippen molar-refractivity contribution in [3.8, 4) is 11.5 Å². The SMILES string of the molecule is CC(C)(C)OC(=O)NOC(=O)c1c(F)c(F)c(F)c(F)c1F.CC(C)(C)OC(=O)NOC(=O)c1ccc(OC(=O)c2ccc(O)cc2)cc1. The number of benzene rings is 3. The predicted octanol–water partition coefficient (Wildman–Crippen LogP) is 6.19. The first-order valence-electron chi connectivity index (χ1n) is 13.6. The average Bonchev–Trinajstić information content (AvgIpc) is 3.00. The van der Waals surface area contributed by atoms with E-state index in [2.05, 4.69) is 14.4 Å². The number of halogens is 5. The van der Waals surface area contributed by atoms with Crippen LogP contribution in [0.4, 0.5) is 31.5 Å². The maximum atomic E-state index is 13.3. The van der Waals surface area contributed by atoms with Gasteiger partial charge >= 0.3 is 30.1 Å². The second-order valence-corrected chi connectivity index (χ2v) is 11.4. The van der Waals surface area contributed by atoms with Crippen LogP contribution in [0.1, 0.15) is 72.6 Å². The molecule has 264 valence electrons. The summed E-state index contributed by atoms with van der Waals surface area (Å²) in [5.41, 5.74) is 0.119. The summed E-state index contributed by atoms with van der Waals surface area (Å²) in [6, 6.07) is 11.1. The first kappa shape index (κ1) is 39.2. The summed E-state index contributed by atoms with van der Waals surface area (Å²) >= 11 is 0. The molecule has 3 rings (SSSR count). The standard InChI is InChI=1S/C19H19NO7.C12H10F5NO4/c1-19(2,3)26-18(24)20-27-17(23)13-6-10-15(11-7-13)25-16(22)12-4-8-14(21)9-5-12;1-12(2,3)21-11(20)18-22-10(19)4-5(13)7(15)9(17)8(16)6(4)14/h4-11,21H,1-3H3,(H,20,24);1-3H3,(H,18,20). The van der Waals surface area contributed by atoms with Crippen molar-refractivity contribution in [1.29, 1.82) is 0 Å². The zero-order valence-corrected chi connectivity index (χ0v) is 26.5. The molecule has 0 fully saturated rings. The highest BCUT2D eigenvalue weighted by molar-refractivity contribution is 5.92. The van der Waals surface area contributed by atoms with Crippen molar-refractivity contribution >= 4 is 30.1 Å². The molecule has 3 aromatic rings. The lowest BCUT2D eigenvalue weighted by Crippen LogP contribution is -2.34. The average molecular weight is 701 g/mol. The summed E-state index contributed by atoms with van der Waals surface area (Å²) in [6.07, 6.45) is -2.19. The number of rotatable bonds is 4. The Labute approximate surface area is 274 Å². The first-order chi connectivity index (χ1) is 22.6. The van der Waals surface area contributed by atoms with E-state index in [4.69, 9.17) is 9.47 Å². The van der Waals surface area contributed by atoms with E-state index in [1.807, 2.05) is 5.48 Å². The van der Waals surface area contributed by atoms with Crippen molar-refractivity contribution in [3.05, 3.63) is 94.3 Å². The number of aromatic hydroxyl groups is 1. The second-order valence-electron chi connectivity index (χ2n) is 11.4. The lowest BCUT2D eigenvalue weighted by molar-refractivity contribution is -0.00206. The Morgan fingerprint density at radius 2 is 0.918 bits per heavy atom. The van der Waals surface area contributed by atoms with Gasteiger partial charge in [-0.2, -0.15) is 0 Å². The second kappa shape index (κ2) is 16.2. The van der Waals surface area contributed by atoms with E-state index in [-0.39, 0.29) is 22.6 Å². The quantitative estimate of drug-likeness (QED) is 0.0539. The largest absolute Gasteiger partial charge is 0.508 e. The van der Waals surface area contributed by atoms with Gasteiger partial charge in [-0.25, -0.2) is 45.9 Å². The van der Waals surface area contributed by atoms with Gasteiger partial charge in [-0.1, -0.05) is 0 Å². The van der Waals surface area contributed by atoms with E-state index in [1.54, 1.807) is 20.8 Å². The molecule has 0 radical (unpaired) electrons. The predicted molar refractivity (Wildman–Crippen MR) is 155 cm³/mol. The number of nitrogens with one attached hydrogen (secondary N) is 2. The maximum absolute atomic E-state index is 13.3. The van der Waals surface area contributed by atoms with Gasteiger partial charge in [0.15, 0.2) is 23.3 Å². The molecule has 3 N–H and O–H groups in total. The Morgan fingerprint density at radius 1 is 0.551 bits per heavy atom. The Morgan fingerprint density at radius 3 is 1.35 bits per heavy atom. The van der Waals surface area contributed by atoms with E-state index in [9.17, 15) is 51.0 Å². The van der Waals surface area contributed by atoms with Gasteiger partial charge in [-0.3, -0.25) is 0 Å². The van der Waals surface area contributed by atoms with Gasteiger partial charge in [0.1, 0.15) is 28.3 Å². The Kier molecular flexibility index (Phi) is 13.0. The van der Waals surface area contributed by atoms with Crippen molar-refractivity contribution in [1.82, 2.24) is 11.0 Å². The Bertz CT molecular complexity index is 1670. The lowest BCUT2D eigenvalue weighted by Gasteiger charge is -2.19. The molecule has 0 unspecified atom stereocenters. The van der Waals surface area contributed by atoms with Gasteiger partial charge in [-0.15, -0.1) is 11.0 Å². The fourth-order valence-corrected chi connectivity index (χ4v) is 3.09. The molecule has 0 aliphatic rings. The third-order valence-corrected chi connectivity index (χ3v) is 5.07. The smallest absolute Gasteiger partial charge is 0.441 e. The molecule has 0 atom stereocenters. The van der Waals surface area contributed by atoms with Crippen LogP contribution in [-0.4, -0.2) is 46.4 Å². The van der Waals surface area contributed by atoms with Crippen molar-refractivity contribution in [2.24, 2.45) is 0 Å². The fraction of sp³-hybridized carbons (Fsp3) is 0.258. The fourth-order valence-electron chi connectivity index (χ4n) is 3.09. The number of ether oxygens (including phenoxy) is 3. The van der Waals surface area contributed by atoms with E-state index >= 15 is 0 Å². The minimum absolute atomic E-state index is 0.0365. The van der Waals surface area contributed by atoms with E-state index in [0.29, 0.717) is 0 Å². The molecular formula is C31H29F5N2O11. The van der Waals surface area contributed by atoms with Crippen molar-refractivity contribution < 1.29 is 74.9 Å². The van der Waals surface area contributed by atoms with Gasteiger partial charge in [0.2, 0.25) is 5.82 Å². The molecular weight excluding hydrogens is 671 g/mol. The number of hydrogen-bond donors (Lipinski definition) is 3. The summed E-state index contributed by atoms with van der Waals surface area (Å²) in [5.74, 6) is -15.0. The van der Waals surface area contributed by atoms with Gasteiger partial charge in [0, 0.05) is 0 Å². The number of phenolic OH excluding ortho intramolecular Hbond substituents is 1. The minimum atomic E-state index is -2.42. The monoisotopic (exact) mass is 700 g/mol. The highest BCUT2D eigenvalue weighted by atomic mass is 19.2. The van der Waals surface area contributed by atoms with Crippen LogP contribution in [0.15, 0.2) is 48.5 Å². The summed E-state index contributed by atoms with van der Waals surface area (Å²) in [7, 11) is 0. The summed E-state index contributed by atoms with van der Waals surface area (Å²) < 4.78 is 79.9. The number of carbonyl (C=O) groups is 5. The van der Waals surface area contributed by atoms with Crippen LogP contribution < -0.4 is 15.7 Å².